The van der Waals surface area contributed by atoms with E-state index in [1.807, 2.05) is 30.8 Å². The molecule has 2 aromatic heterocycles. The molecule has 0 aliphatic carbocycles. The van der Waals surface area contributed by atoms with Crippen LogP contribution in [-0.4, -0.2) is 16.3 Å². The Kier molecular flexibility index (Phi) is 3.36. The van der Waals surface area contributed by atoms with Crippen molar-refractivity contribution in [1.29, 1.82) is 0 Å². The van der Waals surface area contributed by atoms with Gasteiger partial charge in [0.15, 0.2) is 0 Å². The molecule has 1 atom stereocenters. The molecule has 0 saturated heterocycles. The van der Waals surface area contributed by atoms with Crippen molar-refractivity contribution in [2.45, 2.75) is 17.2 Å². The number of nitrogens with zero attached hydrogens (tertiary/aromatic N) is 2. The molecule has 0 aromatic carbocycles. The van der Waals surface area contributed by atoms with E-state index in [1.165, 1.54) is 0 Å². The van der Waals surface area contributed by atoms with E-state index in [0.29, 0.717) is 6.54 Å². The predicted octanol–water partition coefficient (Wildman–Crippen LogP) is 2.11. The van der Waals surface area contributed by atoms with Crippen LogP contribution in [0.15, 0.2) is 33.9 Å². The fraction of sp³-hybridized carbons (Fsp3) is 0.364. The molecule has 0 bridgehead atoms. The lowest BCUT2D eigenvalue weighted by atomic mass is 10.3. The van der Waals surface area contributed by atoms with Crippen molar-refractivity contribution >= 4 is 11.8 Å². The highest BCUT2D eigenvalue weighted by Gasteiger charge is 2.16. The summed E-state index contributed by atoms with van der Waals surface area (Å²) in [4.78, 5) is 0. The molecule has 2 rings (SSSR count). The van der Waals surface area contributed by atoms with Gasteiger partial charge in [-0.15, -0.1) is 0 Å². The van der Waals surface area contributed by atoms with Gasteiger partial charge in [-0.1, -0.05) is 11.8 Å². The van der Waals surface area contributed by atoms with E-state index in [0.717, 1.165) is 16.5 Å². The first-order valence-electron chi connectivity index (χ1n) is 5.11. The van der Waals surface area contributed by atoms with E-state index in [-0.39, 0.29) is 5.25 Å². The summed E-state index contributed by atoms with van der Waals surface area (Å²) in [5, 5.41) is 5.55. The topological polar surface area (TPSA) is 57.0 Å². The zero-order chi connectivity index (χ0) is 11.5. The minimum atomic E-state index is 0.143. The van der Waals surface area contributed by atoms with Crippen molar-refractivity contribution < 1.29 is 4.42 Å². The SMILES string of the molecule is Cc1cc(SC(CN)c2ccco2)n(C)n1. The fourth-order valence-electron chi connectivity index (χ4n) is 1.54. The van der Waals surface area contributed by atoms with Gasteiger partial charge in [0.1, 0.15) is 5.76 Å². The van der Waals surface area contributed by atoms with Crippen LogP contribution in [0.5, 0.6) is 0 Å². The van der Waals surface area contributed by atoms with Crippen molar-refractivity contribution in [2.75, 3.05) is 6.54 Å². The van der Waals surface area contributed by atoms with Gasteiger partial charge in [0.05, 0.1) is 22.2 Å². The van der Waals surface area contributed by atoms with Gasteiger partial charge in [-0.05, 0) is 25.1 Å². The van der Waals surface area contributed by atoms with Gasteiger partial charge in [-0.2, -0.15) is 5.10 Å². The molecular weight excluding hydrogens is 222 g/mol. The van der Waals surface area contributed by atoms with Crippen molar-refractivity contribution in [2.24, 2.45) is 12.8 Å². The first-order valence-corrected chi connectivity index (χ1v) is 5.99. The molecule has 0 aliphatic rings. The average Bonchev–Trinajstić information content (AvgIpc) is 2.85. The highest BCUT2D eigenvalue weighted by Crippen LogP contribution is 2.34. The molecule has 16 heavy (non-hydrogen) atoms. The maximum Gasteiger partial charge on any atom is 0.118 e. The van der Waals surface area contributed by atoms with E-state index in [9.17, 15) is 0 Å². The molecule has 0 saturated carbocycles. The number of nitrogens with two attached hydrogens (primary N) is 1. The second-order valence-electron chi connectivity index (χ2n) is 3.61. The minimum Gasteiger partial charge on any atom is -0.468 e. The van der Waals surface area contributed by atoms with E-state index in [1.54, 1.807) is 18.0 Å². The lowest BCUT2D eigenvalue weighted by Crippen LogP contribution is -2.09. The average molecular weight is 237 g/mol. The van der Waals surface area contributed by atoms with Crippen molar-refractivity contribution in [1.82, 2.24) is 9.78 Å². The monoisotopic (exact) mass is 237 g/mol. The lowest BCUT2D eigenvalue weighted by molar-refractivity contribution is 0.506. The van der Waals surface area contributed by atoms with Gasteiger partial charge in [0.25, 0.3) is 0 Å². The van der Waals surface area contributed by atoms with Gasteiger partial charge in [0.2, 0.25) is 0 Å². The highest BCUT2D eigenvalue weighted by molar-refractivity contribution is 7.99. The van der Waals surface area contributed by atoms with Crippen LogP contribution in [0.4, 0.5) is 0 Å². The van der Waals surface area contributed by atoms with Crippen LogP contribution in [0, 0.1) is 6.92 Å². The molecule has 5 heteroatoms. The third-order valence-corrected chi connectivity index (χ3v) is 3.63. The van der Waals surface area contributed by atoms with E-state index < -0.39 is 0 Å². The molecule has 86 valence electrons. The van der Waals surface area contributed by atoms with Crippen LogP contribution in [0.2, 0.25) is 0 Å². The number of aryl methyl sites for hydroxylation is 2. The Labute approximate surface area is 98.8 Å². The van der Waals surface area contributed by atoms with Gasteiger partial charge in [0, 0.05) is 13.6 Å². The van der Waals surface area contributed by atoms with Gasteiger partial charge < -0.3 is 10.2 Å². The quantitative estimate of drug-likeness (QED) is 0.827. The van der Waals surface area contributed by atoms with Crippen molar-refractivity contribution in [3.05, 3.63) is 35.9 Å². The number of furan rings is 1. The number of hydrogen-bond acceptors (Lipinski definition) is 4. The summed E-state index contributed by atoms with van der Waals surface area (Å²) in [5.74, 6) is 0.909. The molecule has 0 amide bonds. The van der Waals surface area contributed by atoms with Crippen LogP contribution in [0.25, 0.3) is 0 Å². The second kappa shape index (κ2) is 4.76. The molecule has 0 spiro atoms. The van der Waals surface area contributed by atoms with Gasteiger partial charge >= 0.3 is 0 Å². The standard InChI is InChI=1S/C11H15N3OS/c1-8-6-11(14(2)13-8)16-10(7-12)9-4-3-5-15-9/h3-6,10H,7,12H2,1-2H3. The molecule has 0 aliphatic heterocycles. The Balaban J connectivity index is 2.16. The van der Waals surface area contributed by atoms with Gasteiger partial charge in [-0.25, -0.2) is 0 Å². The summed E-state index contributed by atoms with van der Waals surface area (Å²) >= 11 is 1.68. The Bertz CT molecular complexity index is 450. The molecule has 1 unspecified atom stereocenters. The molecule has 4 nitrogen and oxygen atoms in total. The number of rotatable bonds is 4. The zero-order valence-corrected chi connectivity index (χ0v) is 10.2. The summed E-state index contributed by atoms with van der Waals surface area (Å²) in [6.07, 6.45) is 1.67. The van der Waals surface area contributed by atoms with Crippen molar-refractivity contribution in [3.8, 4) is 0 Å². The maximum atomic E-state index is 5.76. The molecule has 0 fully saturated rings. The fourth-order valence-corrected chi connectivity index (χ4v) is 2.61. The Hall–Kier alpha value is -1.20. The zero-order valence-electron chi connectivity index (χ0n) is 9.38. The molecule has 2 heterocycles. The van der Waals surface area contributed by atoms with Crippen LogP contribution in [0.3, 0.4) is 0 Å². The largest absolute Gasteiger partial charge is 0.468 e. The molecule has 0 radical (unpaired) electrons. The molecule has 2 N–H and O–H groups in total. The Morgan fingerprint density at radius 2 is 2.44 bits per heavy atom. The summed E-state index contributed by atoms with van der Waals surface area (Å²) in [6, 6.07) is 5.89. The summed E-state index contributed by atoms with van der Waals surface area (Å²) in [6.45, 7) is 2.52. The van der Waals surface area contributed by atoms with Gasteiger partial charge in [-0.3, -0.25) is 4.68 Å². The number of aromatic nitrogens is 2. The first-order chi connectivity index (χ1) is 7.70. The normalized spacial score (nSPS) is 12.9. The van der Waals surface area contributed by atoms with Crippen molar-refractivity contribution in [3.63, 3.8) is 0 Å². The van der Waals surface area contributed by atoms with Crippen LogP contribution in [0.1, 0.15) is 16.7 Å². The Morgan fingerprint density at radius 1 is 1.62 bits per heavy atom. The van der Waals surface area contributed by atoms with E-state index in [4.69, 9.17) is 10.2 Å². The van der Waals surface area contributed by atoms with Crippen LogP contribution < -0.4 is 5.73 Å². The first kappa shape index (κ1) is 11.3. The summed E-state index contributed by atoms with van der Waals surface area (Å²) in [7, 11) is 1.94. The lowest BCUT2D eigenvalue weighted by Gasteiger charge is -2.11. The van der Waals surface area contributed by atoms with Crippen LogP contribution >= 0.6 is 11.8 Å². The number of hydrogen-bond donors (Lipinski definition) is 1. The van der Waals surface area contributed by atoms with E-state index >= 15 is 0 Å². The van der Waals surface area contributed by atoms with Crippen LogP contribution in [-0.2, 0) is 7.05 Å². The molecule has 2 aromatic rings. The third-order valence-electron chi connectivity index (χ3n) is 2.30. The van der Waals surface area contributed by atoms with E-state index in [2.05, 4.69) is 11.2 Å². The Morgan fingerprint density at radius 3 is 2.94 bits per heavy atom. The maximum absolute atomic E-state index is 5.76. The molecular formula is C11H15N3OS. The predicted molar refractivity (Wildman–Crippen MR) is 64.3 cm³/mol. The highest BCUT2D eigenvalue weighted by atomic mass is 32.2. The second-order valence-corrected chi connectivity index (χ2v) is 4.83. The number of thioether (sulfide) groups is 1. The minimum absolute atomic E-state index is 0.143. The summed E-state index contributed by atoms with van der Waals surface area (Å²) < 4.78 is 7.24. The smallest absolute Gasteiger partial charge is 0.118 e. The third kappa shape index (κ3) is 2.31. The summed E-state index contributed by atoms with van der Waals surface area (Å²) in [5.41, 5.74) is 6.77.